The number of carbonyl (C=O) groups is 2. The Morgan fingerprint density at radius 2 is 2.05 bits per heavy atom. The molecule has 0 aromatic heterocycles. The van der Waals surface area contributed by atoms with E-state index in [1.165, 1.54) is 19.1 Å². The van der Waals surface area contributed by atoms with E-state index in [1.54, 1.807) is 37.3 Å². The molecule has 0 unspecified atom stereocenters. The fraction of sp³-hybridized carbons (Fsp3) is 0.125. The first-order valence-electron chi connectivity index (χ1n) is 6.00. The van der Waals surface area contributed by atoms with Crippen LogP contribution in [0.5, 0.6) is 5.75 Å². The minimum Gasteiger partial charge on any atom is -0.478 e. The summed E-state index contributed by atoms with van der Waals surface area (Å²) in [4.78, 5) is 21.9. The SMILES string of the molecule is C=CC(=CC(=CC)c1cccc(OC(C)=O)c1)C(=O)O. The molecule has 0 radical (unpaired) electrons. The van der Waals surface area contributed by atoms with Crippen molar-refractivity contribution in [1.82, 2.24) is 0 Å². The standard InChI is InChI=1S/C16H16O4/c1-4-12(9-13(5-2)16(18)19)14-7-6-8-15(10-14)20-11(3)17/h4-10H,2H2,1,3H3,(H,18,19). The van der Waals surface area contributed by atoms with Crippen LogP contribution in [0.1, 0.15) is 19.4 Å². The fourth-order valence-corrected chi connectivity index (χ4v) is 1.61. The topological polar surface area (TPSA) is 63.6 Å². The third kappa shape index (κ3) is 4.24. The highest BCUT2D eigenvalue weighted by Crippen LogP contribution is 2.22. The van der Waals surface area contributed by atoms with Crippen LogP contribution in [-0.4, -0.2) is 17.0 Å². The van der Waals surface area contributed by atoms with Gasteiger partial charge in [0.25, 0.3) is 0 Å². The molecule has 0 atom stereocenters. The zero-order valence-electron chi connectivity index (χ0n) is 11.4. The Balaban J connectivity index is 3.17. The molecule has 1 aromatic rings. The Kier molecular flexibility index (Phi) is 5.47. The van der Waals surface area contributed by atoms with E-state index in [2.05, 4.69) is 6.58 Å². The maximum atomic E-state index is 11.0. The number of aliphatic carboxylic acids is 1. The van der Waals surface area contributed by atoms with E-state index in [4.69, 9.17) is 9.84 Å². The molecule has 1 aromatic carbocycles. The molecule has 0 saturated heterocycles. The zero-order chi connectivity index (χ0) is 15.1. The summed E-state index contributed by atoms with van der Waals surface area (Å²) < 4.78 is 5.00. The van der Waals surface area contributed by atoms with Crippen LogP contribution in [0.2, 0.25) is 0 Å². The molecule has 0 aliphatic heterocycles. The molecule has 0 spiro atoms. The highest BCUT2D eigenvalue weighted by molar-refractivity contribution is 5.94. The molecule has 0 saturated carbocycles. The van der Waals surface area contributed by atoms with Crippen molar-refractivity contribution >= 4 is 17.5 Å². The quantitative estimate of drug-likeness (QED) is 0.387. The number of rotatable bonds is 5. The summed E-state index contributed by atoms with van der Waals surface area (Å²) in [5.74, 6) is -1.04. The second-order valence-corrected chi connectivity index (χ2v) is 3.97. The van der Waals surface area contributed by atoms with Gasteiger partial charge in [0.05, 0.1) is 5.57 Å². The second kappa shape index (κ2) is 7.09. The maximum absolute atomic E-state index is 11.0. The molecular weight excluding hydrogens is 256 g/mol. The van der Waals surface area contributed by atoms with E-state index in [0.717, 1.165) is 5.56 Å². The van der Waals surface area contributed by atoms with Gasteiger partial charge in [-0.2, -0.15) is 0 Å². The first-order chi connectivity index (χ1) is 9.47. The van der Waals surface area contributed by atoms with Crippen molar-refractivity contribution in [2.75, 3.05) is 0 Å². The average Bonchev–Trinajstić information content (AvgIpc) is 2.39. The molecule has 1 rings (SSSR count). The van der Waals surface area contributed by atoms with Crippen LogP contribution in [0.4, 0.5) is 0 Å². The van der Waals surface area contributed by atoms with E-state index in [1.807, 2.05) is 0 Å². The van der Waals surface area contributed by atoms with Crippen molar-refractivity contribution in [2.45, 2.75) is 13.8 Å². The van der Waals surface area contributed by atoms with Gasteiger partial charge in [-0.1, -0.05) is 30.9 Å². The predicted molar refractivity (Wildman–Crippen MR) is 77.3 cm³/mol. The molecule has 0 heterocycles. The maximum Gasteiger partial charge on any atom is 0.335 e. The second-order valence-electron chi connectivity index (χ2n) is 3.97. The number of carbonyl (C=O) groups excluding carboxylic acids is 1. The highest BCUT2D eigenvalue weighted by atomic mass is 16.5. The Hall–Kier alpha value is -2.62. The molecule has 0 bridgehead atoms. The van der Waals surface area contributed by atoms with Crippen molar-refractivity contribution in [3.8, 4) is 5.75 Å². The van der Waals surface area contributed by atoms with E-state index in [9.17, 15) is 9.59 Å². The van der Waals surface area contributed by atoms with Crippen molar-refractivity contribution in [3.05, 3.63) is 60.2 Å². The summed E-state index contributed by atoms with van der Waals surface area (Å²) in [5.41, 5.74) is 1.55. The Labute approximate surface area is 117 Å². The van der Waals surface area contributed by atoms with E-state index in [0.29, 0.717) is 11.3 Å². The van der Waals surface area contributed by atoms with Gasteiger partial charge >= 0.3 is 11.9 Å². The molecule has 0 aliphatic rings. The molecule has 104 valence electrons. The lowest BCUT2D eigenvalue weighted by molar-refractivity contribution is -0.133. The van der Waals surface area contributed by atoms with Gasteiger partial charge in [-0.25, -0.2) is 4.79 Å². The van der Waals surface area contributed by atoms with Gasteiger partial charge in [0.2, 0.25) is 0 Å². The van der Waals surface area contributed by atoms with Gasteiger partial charge in [0.1, 0.15) is 5.75 Å². The number of hydrogen-bond donors (Lipinski definition) is 1. The van der Waals surface area contributed by atoms with Crippen molar-refractivity contribution < 1.29 is 19.4 Å². The summed E-state index contributed by atoms with van der Waals surface area (Å²) in [6.45, 7) is 6.60. The third-order valence-corrected chi connectivity index (χ3v) is 2.52. The molecular formula is C16H16O4. The van der Waals surface area contributed by atoms with Gasteiger partial charge < -0.3 is 9.84 Å². The van der Waals surface area contributed by atoms with Gasteiger partial charge in [0.15, 0.2) is 0 Å². The predicted octanol–water partition coefficient (Wildman–Crippen LogP) is 3.21. The molecule has 0 amide bonds. The summed E-state index contributed by atoms with van der Waals surface area (Å²) in [6.07, 6.45) is 4.57. The molecule has 4 heteroatoms. The smallest absolute Gasteiger partial charge is 0.335 e. The van der Waals surface area contributed by atoms with Gasteiger partial charge in [-0.05, 0) is 36.3 Å². The van der Waals surface area contributed by atoms with E-state index < -0.39 is 11.9 Å². The average molecular weight is 272 g/mol. The number of ether oxygens (including phenoxy) is 1. The lowest BCUT2D eigenvalue weighted by Gasteiger charge is -2.06. The number of esters is 1. The largest absolute Gasteiger partial charge is 0.478 e. The van der Waals surface area contributed by atoms with Gasteiger partial charge in [0, 0.05) is 6.92 Å². The zero-order valence-corrected chi connectivity index (χ0v) is 11.4. The first kappa shape index (κ1) is 15.4. The van der Waals surface area contributed by atoms with Crippen LogP contribution < -0.4 is 4.74 Å². The normalized spacial score (nSPS) is 11.9. The number of hydrogen-bond acceptors (Lipinski definition) is 3. The van der Waals surface area contributed by atoms with Crippen LogP contribution in [-0.2, 0) is 9.59 Å². The van der Waals surface area contributed by atoms with Crippen LogP contribution in [0.3, 0.4) is 0 Å². The lowest BCUT2D eigenvalue weighted by atomic mass is 10.0. The summed E-state index contributed by atoms with van der Waals surface area (Å²) >= 11 is 0. The first-order valence-corrected chi connectivity index (χ1v) is 6.00. The third-order valence-electron chi connectivity index (χ3n) is 2.52. The van der Waals surface area contributed by atoms with Crippen LogP contribution in [0.25, 0.3) is 5.57 Å². The Morgan fingerprint density at radius 1 is 1.35 bits per heavy atom. The van der Waals surface area contributed by atoms with E-state index >= 15 is 0 Å². The summed E-state index contributed by atoms with van der Waals surface area (Å²) in [5, 5.41) is 9.00. The van der Waals surface area contributed by atoms with Gasteiger partial charge in [-0.15, -0.1) is 0 Å². The van der Waals surface area contributed by atoms with Crippen LogP contribution in [0.15, 0.2) is 54.6 Å². The molecule has 20 heavy (non-hydrogen) atoms. The lowest BCUT2D eigenvalue weighted by Crippen LogP contribution is -2.01. The highest BCUT2D eigenvalue weighted by Gasteiger charge is 2.06. The summed E-state index contributed by atoms with van der Waals surface area (Å²) in [7, 11) is 0. The Morgan fingerprint density at radius 3 is 2.55 bits per heavy atom. The molecule has 1 N–H and O–H groups in total. The fourth-order valence-electron chi connectivity index (χ4n) is 1.61. The monoisotopic (exact) mass is 272 g/mol. The van der Waals surface area contributed by atoms with Crippen LogP contribution >= 0.6 is 0 Å². The van der Waals surface area contributed by atoms with Gasteiger partial charge in [-0.3, -0.25) is 4.79 Å². The van der Waals surface area contributed by atoms with Crippen LogP contribution in [0, 0.1) is 0 Å². The molecule has 4 nitrogen and oxygen atoms in total. The van der Waals surface area contributed by atoms with Crippen molar-refractivity contribution in [3.63, 3.8) is 0 Å². The number of carboxylic acid groups (broad SMARTS) is 1. The molecule has 0 aliphatic carbocycles. The summed E-state index contributed by atoms with van der Waals surface area (Å²) in [6, 6.07) is 6.88. The Bertz CT molecular complexity index is 594. The minimum absolute atomic E-state index is 0.0935. The van der Waals surface area contributed by atoms with Crippen molar-refractivity contribution in [1.29, 1.82) is 0 Å². The number of carboxylic acids is 1. The minimum atomic E-state index is -1.05. The van der Waals surface area contributed by atoms with E-state index in [-0.39, 0.29) is 5.57 Å². The van der Waals surface area contributed by atoms with Crippen molar-refractivity contribution in [2.24, 2.45) is 0 Å². The number of benzene rings is 1. The molecule has 0 fully saturated rings. The number of allylic oxidation sites excluding steroid dienone is 3.